The van der Waals surface area contributed by atoms with Gasteiger partial charge in [-0.2, -0.15) is 4.31 Å². The summed E-state index contributed by atoms with van der Waals surface area (Å²) in [5, 5.41) is 9.11. The Morgan fingerprint density at radius 3 is 2.38 bits per heavy atom. The molecule has 7 nitrogen and oxygen atoms in total. The number of aryl methyl sites for hydroxylation is 1. The zero-order valence-corrected chi connectivity index (χ0v) is 15.8. The molecule has 0 aliphatic rings. The van der Waals surface area contributed by atoms with Crippen LogP contribution in [0.25, 0.3) is 0 Å². The number of pyridine rings is 1. The van der Waals surface area contributed by atoms with Crippen LogP contribution in [0.3, 0.4) is 0 Å². The number of nitrogens with one attached hydrogen (secondary N) is 1. The van der Waals surface area contributed by atoms with E-state index >= 15 is 0 Å². The second-order valence-corrected chi connectivity index (χ2v) is 8.28. The fourth-order valence-corrected chi connectivity index (χ4v) is 4.39. The number of carbonyl (C=O) groups excluding carboxylic acids is 1. The molecule has 2 rings (SSSR count). The highest BCUT2D eigenvalue weighted by molar-refractivity contribution is 7.89. The minimum absolute atomic E-state index is 0.0414. The smallest absolute Gasteiger partial charge is 0.262 e. The number of nitrogens with zero attached hydrogens (tertiary/aromatic N) is 2. The number of amides is 1. The Morgan fingerprint density at radius 1 is 1.23 bits per heavy atom. The Labute approximate surface area is 153 Å². The van der Waals surface area contributed by atoms with Gasteiger partial charge in [-0.3, -0.25) is 15.0 Å². The molecule has 1 atom stereocenters. The Bertz CT molecular complexity index is 836. The molecule has 1 amide bonds. The minimum Gasteiger partial charge on any atom is -0.289 e. The molecule has 0 bridgehead atoms. The van der Waals surface area contributed by atoms with Crippen LogP contribution in [0.1, 0.15) is 25.0 Å². The quantitative estimate of drug-likeness (QED) is 0.569. The van der Waals surface area contributed by atoms with E-state index in [2.05, 4.69) is 4.98 Å². The van der Waals surface area contributed by atoms with E-state index in [1.54, 1.807) is 56.0 Å². The molecule has 0 unspecified atom stereocenters. The highest BCUT2D eigenvalue weighted by Gasteiger charge is 2.38. The Hall–Kier alpha value is -2.29. The molecule has 1 aromatic heterocycles. The van der Waals surface area contributed by atoms with Crippen molar-refractivity contribution in [3.63, 3.8) is 0 Å². The standard InChI is InChI=1S/C18H23N3O4S/c1-13(2)17(18(22)20-23)21(12-15-5-4-10-19-11-15)26(24,25)16-8-6-14(3)7-9-16/h4-11,13,17,23H,12H2,1-3H3,(H,20,22)/t17-/m1/s1. The summed E-state index contributed by atoms with van der Waals surface area (Å²) >= 11 is 0. The first kappa shape index (κ1) is 20.0. The summed E-state index contributed by atoms with van der Waals surface area (Å²) in [5.74, 6) is -1.14. The number of sulfonamides is 1. The van der Waals surface area contributed by atoms with Gasteiger partial charge in [0, 0.05) is 18.9 Å². The monoisotopic (exact) mass is 377 g/mol. The number of aromatic nitrogens is 1. The van der Waals surface area contributed by atoms with Crippen LogP contribution in [0.4, 0.5) is 0 Å². The van der Waals surface area contributed by atoms with E-state index in [-0.39, 0.29) is 17.4 Å². The molecule has 1 heterocycles. The summed E-state index contributed by atoms with van der Waals surface area (Å²) in [6.07, 6.45) is 3.13. The van der Waals surface area contributed by atoms with E-state index in [1.165, 1.54) is 12.1 Å². The average Bonchev–Trinajstić information content (AvgIpc) is 2.62. The maximum atomic E-state index is 13.3. The van der Waals surface area contributed by atoms with Crippen LogP contribution >= 0.6 is 0 Å². The lowest BCUT2D eigenvalue weighted by molar-refractivity contribution is -0.134. The van der Waals surface area contributed by atoms with E-state index in [0.29, 0.717) is 5.56 Å². The van der Waals surface area contributed by atoms with Crippen LogP contribution in [0, 0.1) is 12.8 Å². The highest BCUT2D eigenvalue weighted by Crippen LogP contribution is 2.25. The lowest BCUT2D eigenvalue weighted by atomic mass is 10.0. The van der Waals surface area contributed by atoms with Gasteiger partial charge in [-0.1, -0.05) is 37.6 Å². The van der Waals surface area contributed by atoms with Gasteiger partial charge in [0.25, 0.3) is 5.91 Å². The largest absolute Gasteiger partial charge is 0.289 e. The van der Waals surface area contributed by atoms with Crippen molar-refractivity contribution in [1.82, 2.24) is 14.8 Å². The summed E-state index contributed by atoms with van der Waals surface area (Å²) in [7, 11) is -3.98. The molecule has 0 saturated heterocycles. The van der Waals surface area contributed by atoms with Crippen LogP contribution in [-0.4, -0.2) is 34.9 Å². The molecule has 0 spiro atoms. The molecule has 0 radical (unpaired) electrons. The predicted molar refractivity (Wildman–Crippen MR) is 96.7 cm³/mol. The lowest BCUT2D eigenvalue weighted by Crippen LogP contribution is -2.51. The van der Waals surface area contributed by atoms with Gasteiger partial charge in [-0.25, -0.2) is 13.9 Å². The van der Waals surface area contributed by atoms with Crippen molar-refractivity contribution >= 4 is 15.9 Å². The predicted octanol–water partition coefficient (Wildman–Crippen LogP) is 2.11. The summed E-state index contributed by atoms with van der Waals surface area (Å²) in [5.41, 5.74) is 3.15. The molecule has 0 aliphatic heterocycles. The minimum atomic E-state index is -3.98. The zero-order valence-electron chi connectivity index (χ0n) is 15.0. The van der Waals surface area contributed by atoms with Crippen LogP contribution in [0.5, 0.6) is 0 Å². The van der Waals surface area contributed by atoms with E-state index in [0.717, 1.165) is 9.87 Å². The number of rotatable bonds is 7. The van der Waals surface area contributed by atoms with Crippen molar-refractivity contribution in [1.29, 1.82) is 0 Å². The van der Waals surface area contributed by atoms with Gasteiger partial charge in [-0.15, -0.1) is 0 Å². The van der Waals surface area contributed by atoms with E-state index in [9.17, 15) is 13.2 Å². The van der Waals surface area contributed by atoms with E-state index < -0.39 is 22.0 Å². The van der Waals surface area contributed by atoms with Gasteiger partial charge in [0.2, 0.25) is 10.0 Å². The molecule has 0 fully saturated rings. The van der Waals surface area contributed by atoms with Crippen molar-refractivity contribution in [2.75, 3.05) is 0 Å². The van der Waals surface area contributed by atoms with Gasteiger partial charge in [0.1, 0.15) is 6.04 Å². The third-order valence-corrected chi connectivity index (χ3v) is 5.85. The lowest BCUT2D eigenvalue weighted by Gasteiger charge is -2.32. The Balaban J connectivity index is 2.54. The molecular formula is C18H23N3O4S. The summed E-state index contributed by atoms with van der Waals surface area (Å²) in [6, 6.07) is 8.77. The van der Waals surface area contributed by atoms with Gasteiger partial charge in [0.15, 0.2) is 0 Å². The van der Waals surface area contributed by atoms with Crippen molar-refractivity contribution in [3.05, 3.63) is 59.9 Å². The van der Waals surface area contributed by atoms with Crippen molar-refractivity contribution < 1.29 is 18.4 Å². The van der Waals surface area contributed by atoms with E-state index in [4.69, 9.17) is 5.21 Å². The Morgan fingerprint density at radius 2 is 1.88 bits per heavy atom. The maximum Gasteiger partial charge on any atom is 0.262 e. The first-order chi connectivity index (χ1) is 12.3. The highest BCUT2D eigenvalue weighted by atomic mass is 32.2. The third kappa shape index (κ3) is 4.46. The zero-order chi connectivity index (χ0) is 19.3. The molecule has 2 N–H and O–H groups in total. The second-order valence-electron chi connectivity index (χ2n) is 6.39. The van der Waals surface area contributed by atoms with Gasteiger partial charge in [0.05, 0.1) is 4.90 Å². The molecule has 2 aromatic rings. The van der Waals surface area contributed by atoms with Gasteiger partial charge in [-0.05, 0) is 36.6 Å². The second kappa shape index (κ2) is 8.39. The average molecular weight is 377 g/mol. The van der Waals surface area contributed by atoms with Gasteiger partial charge < -0.3 is 0 Å². The fourth-order valence-electron chi connectivity index (χ4n) is 2.68. The summed E-state index contributed by atoms with van der Waals surface area (Å²) in [6.45, 7) is 5.27. The Kier molecular flexibility index (Phi) is 6.47. The summed E-state index contributed by atoms with van der Waals surface area (Å²) < 4.78 is 27.6. The van der Waals surface area contributed by atoms with Crippen molar-refractivity contribution in [2.45, 2.75) is 38.3 Å². The van der Waals surface area contributed by atoms with Crippen LogP contribution < -0.4 is 5.48 Å². The molecule has 0 aliphatic carbocycles. The molecular weight excluding hydrogens is 354 g/mol. The number of benzene rings is 1. The number of carbonyl (C=O) groups is 1. The topological polar surface area (TPSA) is 99.6 Å². The van der Waals surface area contributed by atoms with E-state index in [1.807, 2.05) is 6.92 Å². The van der Waals surface area contributed by atoms with Crippen LogP contribution in [0.2, 0.25) is 0 Å². The molecule has 8 heteroatoms. The van der Waals surface area contributed by atoms with Gasteiger partial charge >= 0.3 is 0 Å². The van der Waals surface area contributed by atoms with Crippen molar-refractivity contribution in [3.8, 4) is 0 Å². The third-order valence-electron chi connectivity index (χ3n) is 4.01. The van der Waals surface area contributed by atoms with Crippen LogP contribution in [-0.2, 0) is 21.4 Å². The molecule has 1 aromatic carbocycles. The fraction of sp³-hybridized carbons (Fsp3) is 0.333. The number of hydrogen-bond acceptors (Lipinski definition) is 5. The molecule has 140 valence electrons. The maximum absolute atomic E-state index is 13.3. The number of hydroxylamine groups is 1. The molecule has 26 heavy (non-hydrogen) atoms. The first-order valence-electron chi connectivity index (χ1n) is 8.18. The van der Waals surface area contributed by atoms with Crippen LogP contribution in [0.15, 0.2) is 53.7 Å². The number of hydrogen-bond donors (Lipinski definition) is 2. The van der Waals surface area contributed by atoms with Crippen molar-refractivity contribution in [2.24, 2.45) is 5.92 Å². The normalized spacial score (nSPS) is 13.0. The first-order valence-corrected chi connectivity index (χ1v) is 9.62. The SMILES string of the molecule is Cc1ccc(S(=O)(=O)N(Cc2cccnc2)[C@@H](C(=O)NO)C(C)C)cc1. The summed E-state index contributed by atoms with van der Waals surface area (Å²) in [4.78, 5) is 16.3. The molecule has 0 saturated carbocycles.